The van der Waals surface area contributed by atoms with Gasteiger partial charge in [0.25, 0.3) is 0 Å². The minimum Gasteiger partial charge on any atom is -0.469 e. The van der Waals surface area contributed by atoms with Gasteiger partial charge >= 0.3 is 17.6 Å². The van der Waals surface area contributed by atoms with Crippen molar-refractivity contribution >= 4 is 105 Å². The molecular formula is C64H99N11O12S2. The molecule has 4 unspecified atom stereocenters. The van der Waals surface area contributed by atoms with Crippen LogP contribution >= 0.6 is 23.5 Å². The number of imidazole rings is 1. The highest BCUT2D eigenvalue weighted by Crippen LogP contribution is 2.33. The molecule has 0 spiro atoms. The number of likely N-dealkylation sites (tertiary alicyclic amines) is 1. The number of hydrogen-bond acceptors (Lipinski definition) is 19. The normalized spacial score (nSPS) is 16.8. The van der Waals surface area contributed by atoms with Crippen LogP contribution in [0.5, 0.6) is 0 Å². The van der Waals surface area contributed by atoms with Crippen LogP contribution < -0.4 is 38.0 Å². The molecule has 4 atom stereocenters. The van der Waals surface area contributed by atoms with Gasteiger partial charge in [0.1, 0.15) is 17.9 Å². The van der Waals surface area contributed by atoms with Gasteiger partial charge in [-0.1, -0.05) is 96.6 Å². The van der Waals surface area contributed by atoms with E-state index in [0.717, 1.165) is 62.3 Å². The first-order valence-electron chi connectivity index (χ1n) is 32.4. The summed E-state index contributed by atoms with van der Waals surface area (Å²) in [5, 5.41) is 14.1. The lowest BCUT2D eigenvalue weighted by molar-refractivity contribution is -0.148. The van der Waals surface area contributed by atoms with Crippen molar-refractivity contribution in [3.63, 3.8) is 0 Å². The minimum absolute atomic E-state index is 0.00568. The molecule has 1 saturated heterocycles. The Labute approximate surface area is 533 Å². The summed E-state index contributed by atoms with van der Waals surface area (Å²) in [7, 11) is 2.95. The summed E-state index contributed by atoms with van der Waals surface area (Å²) in [5.41, 5.74) is 7.64. The molecule has 1 aliphatic carbocycles. The van der Waals surface area contributed by atoms with Crippen LogP contribution in [0.15, 0.2) is 29.1 Å². The second-order valence-electron chi connectivity index (χ2n) is 23.6. The number of benzene rings is 1. The van der Waals surface area contributed by atoms with Crippen LogP contribution in [-0.2, 0) is 59.2 Å². The lowest BCUT2D eigenvalue weighted by Crippen LogP contribution is -2.47. The molecule has 25 heteroatoms. The highest BCUT2D eigenvalue weighted by atomic mass is 32.2. The van der Waals surface area contributed by atoms with Gasteiger partial charge in [-0.3, -0.25) is 52.6 Å². The summed E-state index contributed by atoms with van der Waals surface area (Å²) in [6.45, 7) is 7.41. The van der Waals surface area contributed by atoms with E-state index in [9.17, 15) is 47.9 Å². The molecule has 23 nitrogen and oxygen atoms in total. The van der Waals surface area contributed by atoms with E-state index in [0.29, 0.717) is 86.6 Å². The van der Waals surface area contributed by atoms with Crippen LogP contribution in [0.4, 0.5) is 17.5 Å². The number of methoxy groups -OCH3 is 1. The first-order chi connectivity index (χ1) is 42.9. The quantitative estimate of drug-likeness (QED) is 0.0160. The topological polar surface area (TPSA) is 325 Å². The van der Waals surface area contributed by atoms with Crippen molar-refractivity contribution in [3.05, 3.63) is 40.3 Å². The number of carbonyl (C=O) groups excluding carboxylic acids is 9. The van der Waals surface area contributed by atoms with E-state index in [1.54, 1.807) is 38.2 Å². The molecule has 3 aromatic rings. The number of ketones is 2. The third-order valence-corrected chi connectivity index (χ3v) is 18.8. The van der Waals surface area contributed by atoms with E-state index in [1.165, 1.54) is 73.3 Å². The van der Waals surface area contributed by atoms with Gasteiger partial charge in [-0.05, 0) is 102 Å². The number of likely N-dealkylation sites (N-methyl/N-ethyl adjacent to an activating group) is 1. The summed E-state index contributed by atoms with van der Waals surface area (Å²) in [6.07, 6.45) is 18.8. The highest BCUT2D eigenvalue weighted by molar-refractivity contribution is 8.01. The number of carbonyl (C=O) groups is 9. The second kappa shape index (κ2) is 40.4. The number of H-pyrrole nitrogens is 1. The smallest absolute Gasteiger partial charge is 0.328 e. The first kappa shape index (κ1) is 73.4. The van der Waals surface area contributed by atoms with Gasteiger partial charge in [0.15, 0.2) is 17.2 Å². The number of nitrogens with two attached hydrogens (primary N) is 1. The highest BCUT2D eigenvalue weighted by Gasteiger charge is 2.41. The Morgan fingerprint density at radius 3 is 2.15 bits per heavy atom. The summed E-state index contributed by atoms with van der Waals surface area (Å²) in [4.78, 5) is 144. The Hall–Kier alpha value is -6.34. The molecule has 2 aliphatic rings. The number of nitrogen functional groups attached to an aromatic ring is 1. The Morgan fingerprint density at radius 1 is 0.798 bits per heavy atom. The number of unbranched alkanes of at least 4 members (excludes halogenated alkanes) is 12. The fourth-order valence-electron chi connectivity index (χ4n) is 11.2. The Balaban J connectivity index is 1.11. The van der Waals surface area contributed by atoms with Gasteiger partial charge in [-0.15, -0.1) is 11.8 Å². The van der Waals surface area contributed by atoms with Gasteiger partial charge in [0.2, 0.25) is 35.5 Å². The number of hydrogen-bond donors (Lipinski definition) is 7. The van der Waals surface area contributed by atoms with Crippen LogP contribution in [-0.4, -0.2) is 152 Å². The SMILES string of the molecule is CCCCCCCCCCCCCC(=O)OCCSCC(NC(=O)C1CCC(CN2C(=O)CC(SCC(=O)NCCCCC(NC)C(C)=O)C2=O)CC1)C(=O)CC(CCC(=O)Nc1ccc(Cn2c(=O)[nH]c3c(N)nc(NCCCC)nc32)cc1)C(=O)OC. The molecule has 0 bridgehead atoms. The zero-order valence-electron chi connectivity index (χ0n) is 53.2. The average Bonchev–Trinajstić information content (AvgIpc) is 2.08. The van der Waals surface area contributed by atoms with E-state index in [-0.39, 0.29) is 110 Å². The fourth-order valence-corrected chi connectivity index (χ4v) is 13.0. The molecule has 1 aromatic carbocycles. The predicted octanol–water partition coefficient (Wildman–Crippen LogP) is 8.02. The van der Waals surface area contributed by atoms with Crippen LogP contribution in [0.3, 0.4) is 0 Å². The van der Waals surface area contributed by atoms with Crippen molar-refractivity contribution in [1.29, 1.82) is 0 Å². The first-order valence-corrected chi connectivity index (χ1v) is 34.6. The maximum Gasteiger partial charge on any atom is 0.328 e. The number of Topliss-reactive ketones (excluding diaryl/α,β-unsaturated/α-hetero) is 2. The Bertz CT molecular complexity index is 2820. The maximum absolute atomic E-state index is 14.3. The molecule has 0 radical (unpaired) electrons. The fraction of sp³-hybridized carbons (Fsp3) is 0.688. The van der Waals surface area contributed by atoms with Crippen molar-refractivity contribution in [2.45, 2.75) is 205 Å². The number of fused-ring (bicyclic) bond motifs is 1. The maximum atomic E-state index is 14.3. The molecule has 8 N–H and O–H groups in total. The lowest BCUT2D eigenvalue weighted by atomic mass is 9.81. The third kappa shape index (κ3) is 25.8. The van der Waals surface area contributed by atoms with Gasteiger partial charge in [0, 0.05) is 68.4 Å². The summed E-state index contributed by atoms with van der Waals surface area (Å²) >= 11 is 2.48. The number of imide groups is 1. The monoisotopic (exact) mass is 1280 g/mol. The molecule has 1 aliphatic heterocycles. The summed E-state index contributed by atoms with van der Waals surface area (Å²) in [5.74, 6) is -3.43. The molecular weight excluding hydrogens is 1180 g/mol. The van der Waals surface area contributed by atoms with Crippen LogP contribution in [0.1, 0.15) is 187 Å². The van der Waals surface area contributed by atoms with Crippen molar-refractivity contribution < 1.29 is 52.6 Å². The molecule has 2 aromatic heterocycles. The van der Waals surface area contributed by atoms with E-state index < -0.39 is 46.5 Å². The molecule has 494 valence electrons. The van der Waals surface area contributed by atoms with Crippen molar-refractivity contribution in [1.82, 2.24) is 40.4 Å². The van der Waals surface area contributed by atoms with Crippen molar-refractivity contribution in [2.24, 2.45) is 17.8 Å². The number of nitrogens with one attached hydrogen (secondary N) is 6. The lowest BCUT2D eigenvalue weighted by Gasteiger charge is -2.31. The van der Waals surface area contributed by atoms with E-state index in [2.05, 4.69) is 55.4 Å². The predicted molar refractivity (Wildman–Crippen MR) is 349 cm³/mol. The van der Waals surface area contributed by atoms with Gasteiger partial charge < -0.3 is 46.8 Å². The van der Waals surface area contributed by atoms with E-state index >= 15 is 0 Å². The minimum atomic E-state index is -1.02. The standard InChI is InChI=1S/C64H99N11O12S2/c1-6-8-10-11-12-13-14-15-16-17-18-22-56(81)87-35-36-88-41-50(70-60(82)46-27-23-44(24-28-46)39-74-55(80)38-52(61(74)83)89-42-54(79)67-34-20-19-21-49(66-4)43(3)76)51(77)37-47(62(84)86-5)29-32-53(78)69-48-30-25-45(26-31-48)40-75-59-57(71-64(75)85)58(65)72-63(73-59)68-33-9-7-2/h25-26,30-31,44,46-47,49-50,52,66H,6-24,27-29,32-42H2,1-5H3,(H,67,79)(H,69,78)(H,70,82)(H,71,85)(H3,65,68,72,73). The zero-order valence-corrected chi connectivity index (χ0v) is 54.8. The molecule has 3 heterocycles. The number of thioether (sulfide) groups is 2. The van der Waals surface area contributed by atoms with Crippen LogP contribution in [0, 0.1) is 17.8 Å². The van der Waals surface area contributed by atoms with Crippen molar-refractivity contribution in [3.8, 4) is 0 Å². The second-order valence-corrected chi connectivity index (χ2v) is 25.9. The summed E-state index contributed by atoms with van der Waals surface area (Å²) in [6, 6.07) is 5.66. The zero-order chi connectivity index (χ0) is 64.5. The number of nitrogens with zero attached hydrogens (tertiary/aromatic N) is 4. The number of anilines is 3. The van der Waals surface area contributed by atoms with Crippen LogP contribution in [0.2, 0.25) is 0 Å². The number of ether oxygens (including phenoxy) is 2. The third-order valence-electron chi connectivity index (χ3n) is 16.6. The largest absolute Gasteiger partial charge is 0.469 e. The summed E-state index contributed by atoms with van der Waals surface area (Å²) < 4.78 is 12.1. The Morgan fingerprint density at radius 2 is 1.48 bits per heavy atom. The van der Waals surface area contributed by atoms with Gasteiger partial charge in [-0.2, -0.15) is 21.7 Å². The van der Waals surface area contributed by atoms with E-state index in [4.69, 9.17) is 15.2 Å². The number of aromatic amines is 1. The molecule has 5 rings (SSSR count). The average molecular weight is 1280 g/mol. The Kier molecular flexibility index (Phi) is 33.3. The van der Waals surface area contributed by atoms with Gasteiger partial charge in [0.05, 0.1) is 42.7 Å². The number of aromatic nitrogens is 4. The molecule has 2 fully saturated rings. The molecule has 89 heavy (non-hydrogen) atoms. The molecule has 1 saturated carbocycles. The van der Waals surface area contributed by atoms with Gasteiger partial charge in [-0.25, -0.2) is 4.79 Å². The van der Waals surface area contributed by atoms with Crippen LogP contribution in [0.25, 0.3) is 11.2 Å². The van der Waals surface area contributed by atoms with Crippen molar-refractivity contribution in [2.75, 3.05) is 74.0 Å². The number of rotatable bonds is 45. The van der Waals surface area contributed by atoms with E-state index in [1.807, 2.05) is 0 Å². The number of esters is 2. The number of amides is 5. The molecule has 5 amide bonds.